The topological polar surface area (TPSA) is 63.4 Å². The van der Waals surface area contributed by atoms with Crippen molar-refractivity contribution >= 4 is 20.8 Å². The van der Waals surface area contributed by atoms with E-state index in [4.69, 9.17) is 4.52 Å². The number of hydrogen-bond acceptors (Lipinski definition) is 4. The number of nitrogens with zero attached hydrogens (tertiary/aromatic N) is 2. The molecule has 5 nitrogen and oxygen atoms in total. The Kier molecular flexibility index (Phi) is 3.86. The molecule has 1 aromatic heterocycles. The minimum Gasteiger partial charge on any atom is -0.360 e. The third-order valence-electron chi connectivity index (χ3n) is 4.56. The number of rotatable bonds is 4. The van der Waals surface area contributed by atoms with Crippen LogP contribution in [0.25, 0.3) is 10.8 Å². The van der Waals surface area contributed by atoms with Crippen LogP contribution in [-0.4, -0.2) is 24.4 Å². The molecule has 1 saturated heterocycles. The Labute approximate surface area is 140 Å². The lowest BCUT2D eigenvalue weighted by atomic mass is 9.98. The van der Waals surface area contributed by atoms with Gasteiger partial charge in [0, 0.05) is 12.6 Å². The van der Waals surface area contributed by atoms with E-state index in [2.05, 4.69) is 23.4 Å². The lowest BCUT2D eigenvalue weighted by Crippen LogP contribution is -2.31. The van der Waals surface area contributed by atoms with Gasteiger partial charge in [0.1, 0.15) is 5.75 Å². The molecule has 1 aliphatic rings. The Balaban J connectivity index is 1.72. The predicted molar refractivity (Wildman–Crippen MR) is 91.8 cm³/mol. The Bertz CT molecular complexity index is 946. The number of sulfonamides is 1. The Morgan fingerprint density at radius 3 is 2.79 bits per heavy atom. The molecule has 2 heterocycles. The maximum atomic E-state index is 12.9. The molecule has 4 rings (SSSR count). The van der Waals surface area contributed by atoms with Crippen LogP contribution in [0.3, 0.4) is 0 Å². The Morgan fingerprint density at radius 1 is 1.12 bits per heavy atom. The van der Waals surface area contributed by atoms with Crippen LogP contribution >= 0.6 is 0 Å². The Morgan fingerprint density at radius 2 is 1.96 bits per heavy atom. The summed E-state index contributed by atoms with van der Waals surface area (Å²) in [5.74, 6) is 0.229. The summed E-state index contributed by atoms with van der Waals surface area (Å²) in [6.45, 7) is 0.546. The maximum absolute atomic E-state index is 12.9. The molecule has 0 amide bonds. The fourth-order valence-electron chi connectivity index (χ4n) is 3.50. The summed E-state index contributed by atoms with van der Waals surface area (Å²) >= 11 is 0. The van der Waals surface area contributed by atoms with Crippen LogP contribution in [0, 0.1) is 0 Å². The van der Waals surface area contributed by atoms with Crippen molar-refractivity contribution in [1.29, 1.82) is 0 Å². The molecule has 0 bridgehead atoms. The summed E-state index contributed by atoms with van der Waals surface area (Å²) in [7, 11) is -3.45. The van der Waals surface area contributed by atoms with E-state index in [1.54, 1.807) is 10.4 Å². The molecule has 0 saturated carbocycles. The second-order valence-corrected chi connectivity index (χ2v) is 7.99. The monoisotopic (exact) mass is 342 g/mol. The first-order valence-corrected chi connectivity index (χ1v) is 9.63. The van der Waals surface area contributed by atoms with Crippen LogP contribution in [-0.2, 0) is 15.8 Å². The average molecular weight is 342 g/mol. The highest BCUT2D eigenvalue weighted by atomic mass is 32.2. The van der Waals surface area contributed by atoms with Gasteiger partial charge in [-0.1, -0.05) is 47.6 Å². The molecule has 1 unspecified atom stereocenters. The summed E-state index contributed by atoms with van der Waals surface area (Å²) in [6.07, 6.45) is 3.17. The van der Waals surface area contributed by atoms with E-state index in [1.807, 2.05) is 24.3 Å². The van der Waals surface area contributed by atoms with Crippen LogP contribution in [0.5, 0.6) is 0 Å². The molecule has 0 N–H and O–H groups in total. The first kappa shape index (κ1) is 15.4. The summed E-state index contributed by atoms with van der Waals surface area (Å²) in [6, 6.07) is 15.7. The zero-order chi connectivity index (χ0) is 16.6. The molecule has 2 aromatic carbocycles. The van der Waals surface area contributed by atoms with Crippen molar-refractivity contribution in [3.8, 4) is 0 Å². The zero-order valence-corrected chi connectivity index (χ0v) is 13.9. The standard InChI is InChI=1S/C18H18N2O3S/c21-24(22,13-15-10-11-19-23-15)20-12-4-9-18(20)17-8-3-6-14-5-1-2-7-16(14)17/h1-3,5-8,10-11,18H,4,9,12-13H2. The van der Waals surface area contributed by atoms with E-state index in [-0.39, 0.29) is 11.8 Å². The average Bonchev–Trinajstić information content (AvgIpc) is 3.25. The first-order valence-electron chi connectivity index (χ1n) is 8.02. The molecular formula is C18H18N2O3S. The van der Waals surface area contributed by atoms with Gasteiger partial charge in [-0.15, -0.1) is 0 Å². The highest BCUT2D eigenvalue weighted by molar-refractivity contribution is 7.88. The fraction of sp³-hybridized carbons (Fsp3) is 0.278. The van der Waals surface area contributed by atoms with Gasteiger partial charge < -0.3 is 4.52 Å². The quantitative estimate of drug-likeness (QED) is 0.728. The normalized spacial score (nSPS) is 19.1. The van der Waals surface area contributed by atoms with Crippen molar-refractivity contribution < 1.29 is 12.9 Å². The van der Waals surface area contributed by atoms with Crippen molar-refractivity contribution in [3.63, 3.8) is 0 Å². The van der Waals surface area contributed by atoms with Crippen LogP contribution < -0.4 is 0 Å². The van der Waals surface area contributed by atoms with Crippen molar-refractivity contribution in [2.75, 3.05) is 6.54 Å². The maximum Gasteiger partial charge on any atom is 0.222 e. The van der Waals surface area contributed by atoms with E-state index in [1.165, 1.54) is 6.20 Å². The SMILES string of the molecule is O=S(=O)(Cc1ccno1)N1CCCC1c1cccc2ccccc12. The zero-order valence-electron chi connectivity index (χ0n) is 13.1. The second-order valence-electron chi connectivity index (χ2n) is 6.07. The molecule has 24 heavy (non-hydrogen) atoms. The largest absolute Gasteiger partial charge is 0.360 e. The smallest absolute Gasteiger partial charge is 0.222 e. The predicted octanol–water partition coefficient (Wildman–Crippen LogP) is 3.49. The third-order valence-corrected chi connectivity index (χ3v) is 6.36. The molecule has 124 valence electrons. The van der Waals surface area contributed by atoms with Gasteiger partial charge in [-0.25, -0.2) is 8.42 Å². The second kappa shape index (κ2) is 6.03. The molecule has 1 aliphatic heterocycles. The molecular weight excluding hydrogens is 324 g/mol. The van der Waals surface area contributed by atoms with Crippen LogP contribution in [0.4, 0.5) is 0 Å². The molecule has 0 aliphatic carbocycles. The summed E-state index contributed by atoms with van der Waals surface area (Å²) in [5, 5.41) is 5.84. The van der Waals surface area contributed by atoms with Gasteiger partial charge >= 0.3 is 0 Å². The molecule has 6 heteroatoms. The lowest BCUT2D eigenvalue weighted by Gasteiger charge is -2.25. The van der Waals surface area contributed by atoms with Crippen molar-refractivity contribution in [3.05, 3.63) is 66.1 Å². The first-order chi connectivity index (χ1) is 11.6. The van der Waals surface area contributed by atoms with E-state index < -0.39 is 10.0 Å². The highest BCUT2D eigenvalue weighted by Gasteiger charge is 2.36. The molecule has 3 aromatic rings. The number of fused-ring (bicyclic) bond motifs is 1. The van der Waals surface area contributed by atoms with E-state index in [0.29, 0.717) is 12.3 Å². The molecule has 1 atom stereocenters. The lowest BCUT2D eigenvalue weighted by molar-refractivity contribution is 0.375. The van der Waals surface area contributed by atoms with Gasteiger partial charge in [0.2, 0.25) is 10.0 Å². The molecule has 0 radical (unpaired) electrons. The number of hydrogen-bond donors (Lipinski definition) is 0. The van der Waals surface area contributed by atoms with Crippen LogP contribution in [0.15, 0.2) is 59.3 Å². The number of benzene rings is 2. The summed E-state index contributed by atoms with van der Waals surface area (Å²) < 4.78 is 32.3. The van der Waals surface area contributed by atoms with Gasteiger partial charge in [0.15, 0.2) is 5.76 Å². The third kappa shape index (κ3) is 2.72. The summed E-state index contributed by atoms with van der Waals surface area (Å²) in [5.41, 5.74) is 1.08. The van der Waals surface area contributed by atoms with Crippen LogP contribution in [0.1, 0.15) is 30.2 Å². The fourth-order valence-corrected chi connectivity index (χ4v) is 5.19. The minimum absolute atomic E-state index is 0.121. The van der Waals surface area contributed by atoms with E-state index >= 15 is 0 Å². The van der Waals surface area contributed by atoms with Crippen LogP contribution in [0.2, 0.25) is 0 Å². The van der Waals surface area contributed by atoms with Crippen molar-refractivity contribution in [1.82, 2.24) is 9.46 Å². The van der Waals surface area contributed by atoms with Gasteiger partial charge in [0.25, 0.3) is 0 Å². The van der Waals surface area contributed by atoms with E-state index in [9.17, 15) is 8.42 Å². The van der Waals surface area contributed by atoms with Gasteiger partial charge in [-0.2, -0.15) is 4.31 Å². The van der Waals surface area contributed by atoms with Crippen molar-refractivity contribution in [2.45, 2.75) is 24.6 Å². The van der Waals surface area contributed by atoms with Crippen molar-refractivity contribution in [2.24, 2.45) is 0 Å². The van der Waals surface area contributed by atoms with Gasteiger partial charge in [-0.3, -0.25) is 0 Å². The summed E-state index contributed by atoms with van der Waals surface area (Å²) in [4.78, 5) is 0. The highest BCUT2D eigenvalue weighted by Crippen LogP contribution is 2.38. The van der Waals surface area contributed by atoms with Gasteiger partial charge in [-0.05, 0) is 29.2 Å². The van der Waals surface area contributed by atoms with E-state index in [0.717, 1.165) is 29.2 Å². The minimum atomic E-state index is -3.45. The Hall–Kier alpha value is -2.18. The van der Waals surface area contributed by atoms with Gasteiger partial charge in [0.05, 0.1) is 12.2 Å². The number of aromatic nitrogens is 1. The molecule has 0 spiro atoms. The molecule has 1 fully saturated rings.